The van der Waals surface area contributed by atoms with Gasteiger partial charge in [0.2, 0.25) is 0 Å². The molecule has 0 unspecified atom stereocenters. The van der Waals surface area contributed by atoms with Crippen molar-refractivity contribution in [1.29, 1.82) is 0 Å². The van der Waals surface area contributed by atoms with Gasteiger partial charge in [-0.3, -0.25) is 4.79 Å². The van der Waals surface area contributed by atoms with Crippen molar-refractivity contribution in [2.75, 3.05) is 13.7 Å². The fourth-order valence-electron chi connectivity index (χ4n) is 2.65. The van der Waals surface area contributed by atoms with E-state index in [2.05, 4.69) is 19.2 Å². The topological polar surface area (TPSA) is 47.6 Å². The van der Waals surface area contributed by atoms with Gasteiger partial charge in [-0.15, -0.1) is 0 Å². The third-order valence-electron chi connectivity index (χ3n) is 4.15. The maximum absolute atomic E-state index is 12.2. The molecule has 0 saturated carbocycles. The Hall–Kier alpha value is -2.49. The Morgan fingerprint density at radius 1 is 1.08 bits per heavy atom. The number of hydrogen-bond donors (Lipinski definition) is 1. The van der Waals surface area contributed by atoms with Crippen molar-refractivity contribution in [2.45, 2.75) is 39.7 Å². The van der Waals surface area contributed by atoms with Gasteiger partial charge in [0.15, 0.2) is 6.61 Å². The molecule has 0 spiro atoms. The van der Waals surface area contributed by atoms with E-state index in [0.29, 0.717) is 11.7 Å². The Morgan fingerprint density at radius 3 is 2.36 bits per heavy atom. The van der Waals surface area contributed by atoms with Gasteiger partial charge < -0.3 is 14.8 Å². The molecule has 0 saturated heterocycles. The largest absolute Gasteiger partial charge is 0.496 e. The first-order chi connectivity index (χ1) is 11.9. The highest BCUT2D eigenvalue weighted by Gasteiger charge is 2.14. The molecule has 25 heavy (non-hydrogen) atoms. The van der Waals surface area contributed by atoms with Gasteiger partial charge in [-0.25, -0.2) is 0 Å². The Morgan fingerprint density at radius 2 is 1.76 bits per heavy atom. The van der Waals surface area contributed by atoms with Gasteiger partial charge in [0.25, 0.3) is 5.91 Å². The molecule has 0 heterocycles. The van der Waals surface area contributed by atoms with Crippen LogP contribution in [0.25, 0.3) is 0 Å². The second-order valence-electron chi connectivity index (χ2n) is 6.55. The van der Waals surface area contributed by atoms with Gasteiger partial charge in [-0.2, -0.15) is 0 Å². The number of rotatable bonds is 7. The summed E-state index contributed by atoms with van der Waals surface area (Å²) in [7, 11) is 1.63. The van der Waals surface area contributed by atoms with Crippen molar-refractivity contribution in [3.8, 4) is 11.5 Å². The van der Waals surface area contributed by atoms with Gasteiger partial charge in [0.1, 0.15) is 11.5 Å². The molecule has 2 aromatic carbocycles. The zero-order valence-electron chi connectivity index (χ0n) is 15.6. The molecule has 0 radical (unpaired) electrons. The van der Waals surface area contributed by atoms with Gasteiger partial charge in [0, 0.05) is 5.56 Å². The van der Waals surface area contributed by atoms with E-state index >= 15 is 0 Å². The van der Waals surface area contributed by atoms with Crippen molar-refractivity contribution in [1.82, 2.24) is 5.32 Å². The van der Waals surface area contributed by atoms with Crippen molar-refractivity contribution >= 4 is 5.91 Å². The minimum Gasteiger partial charge on any atom is -0.496 e. The molecule has 4 heteroatoms. The quantitative estimate of drug-likeness (QED) is 0.813. The Bertz CT molecular complexity index is 708. The summed E-state index contributed by atoms with van der Waals surface area (Å²) in [6.45, 7) is 8.22. The second-order valence-corrected chi connectivity index (χ2v) is 6.55. The smallest absolute Gasteiger partial charge is 0.258 e. The number of carbonyl (C=O) groups excluding carboxylic acids is 1. The zero-order valence-corrected chi connectivity index (χ0v) is 15.6. The molecule has 0 fully saturated rings. The first-order valence-corrected chi connectivity index (χ1v) is 8.57. The maximum Gasteiger partial charge on any atom is 0.258 e. The first kappa shape index (κ1) is 18.8. The Balaban J connectivity index is 1.92. The molecule has 0 aliphatic heterocycles. The van der Waals surface area contributed by atoms with Crippen molar-refractivity contribution in [2.24, 2.45) is 0 Å². The van der Waals surface area contributed by atoms with E-state index in [1.807, 2.05) is 56.3 Å². The predicted octanol–water partition coefficient (Wildman–Crippen LogP) is 4.38. The van der Waals surface area contributed by atoms with Crippen LogP contribution >= 0.6 is 0 Å². The second kappa shape index (κ2) is 8.56. The molecule has 1 N–H and O–H groups in total. The highest BCUT2D eigenvalue weighted by Crippen LogP contribution is 2.26. The summed E-state index contributed by atoms with van der Waals surface area (Å²) in [5.74, 6) is 1.77. The van der Waals surface area contributed by atoms with E-state index in [1.54, 1.807) is 7.11 Å². The number of methoxy groups -OCH3 is 1. The van der Waals surface area contributed by atoms with Crippen LogP contribution < -0.4 is 14.8 Å². The average Bonchev–Trinajstić information content (AvgIpc) is 2.60. The first-order valence-electron chi connectivity index (χ1n) is 8.57. The van der Waals surface area contributed by atoms with E-state index in [1.165, 1.54) is 5.56 Å². The number of aryl methyl sites for hydroxylation is 1. The summed E-state index contributed by atoms with van der Waals surface area (Å²) in [6, 6.07) is 13.6. The summed E-state index contributed by atoms with van der Waals surface area (Å²) in [4.78, 5) is 12.2. The lowest BCUT2D eigenvalue weighted by atomic mass is 10.0. The van der Waals surface area contributed by atoms with E-state index in [0.717, 1.165) is 16.9 Å². The van der Waals surface area contributed by atoms with E-state index < -0.39 is 0 Å². The van der Waals surface area contributed by atoms with E-state index in [9.17, 15) is 4.79 Å². The van der Waals surface area contributed by atoms with E-state index in [-0.39, 0.29) is 18.6 Å². The van der Waals surface area contributed by atoms with Crippen molar-refractivity contribution < 1.29 is 14.3 Å². The molecule has 0 aromatic heterocycles. The normalized spacial score (nSPS) is 11.9. The lowest BCUT2D eigenvalue weighted by Crippen LogP contribution is -2.31. The highest BCUT2D eigenvalue weighted by molar-refractivity contribution is 5.78. The summed E-state index contributed by atoms with van der Waals surface area (Å²) in [5, 5.41) is 2.95. The SMILES string of the molecule is COc1ccc(C)cc1[C@H](C)NC(=O)COc1ccc(C(C)C)cc1. The number of nitrogens with one attached hydrogen (secondary N) is 1. The zero-order chi connectivity index (χ0) is 18.4. The van der Waals surface area contributed by atoms with Crippen molar-refractivity contribution in [3.63, 3.8) is 0 Å². The third kappa shape index (κ3) is 5.24. The van der Waals surface area contributed by atoms with Crippen LogP contribution in [0.1, 0.15) is 49.4 Å². The number of amides is 1. The van der Waals surface area contributed by atoms with Gasteiger partial charge >= 0.3 is 0 Å². The van der Waals surface area contributed by atoms with Crippen LogP contribution in [-0.2, 0) is 4.79 Å². The Labute approximate surface area is 150 Å². The minimum atomic E-state index is -0.163. The van der Waals surface area contributed by atoms with Gasteiger partial charge in [0.05, 0.1) is 13.2 Å². The van der Waals surface area contributed by atoms with Crippen LogP contribution in [0.5, 0.6) is 11.5 Å². The fourth-order valence-corrected chi connectivity index (χ4v) is 2.65. The molecular weight excluding hydrogens is 314 g/mol. The molecule has 0 aliphatic rings. The molecule has 0 bridgehead atoms. The maximum atomic E-state index is 12.2. The third-order valence-corrected chi connectivity index (χ3v) is 4.15. The summed E-state index contributed by atoms with van der Waals surface area (Å²) in [6.07, 6.45) is 0. The molecule has 4 nitrogen and oxygen atoms in total. The van der Waals surface area contributed by atoms with Crippen LogP contribution in [0.3, 0.4) is 0 Å². The molecule has 1 atom stereocenters. The number of carbonyl (C=O) groups is 1. The fraction of sp³-hybridized carbons (Fsp3) is 0.381. The number of benzene rings is 2. The number of hydrogen-bond acceptors (Lipinski definition) is 3. The predicted molar refractivity (Wildman–Crippen MR) is 100 cm³/mol. The van der Waals surface area contributed by atoms with Crippen LogP contribution in [0.15, 0.2) is 42.5 Å². The van der Waals surface area contributed by atoms with Crippen LogP contribution in [0, 0.1) is 6.92 Å². The van der Waals surface area contributed by atoms with Gasteiger partial charge in [-0.1, -0.05) is 43.7 Å². The van der Waals surface area contributed by atoms with Crippen LogP contribution in [-0.4, -0.2) is 19.6 Å². The molecule has 0 aliphatic carbocycles. The average molecular weight is 341 g/mol. The molecule has 2 aromatic rings. The highest BCUT2D eigenvalue weighted by atomic mass is 16.5. The summed E-state index contributed by atoms with van der Waals surface area (Å²) < 4.78 is 11.0. The standard InChI is InChI=1S/C21H27NO3/c1-14(2)17-7-9-18(10-8-17)25-13-21(23)22-16(4)19-12-15(3)6-11-20(19)24-5/h6-12,14,16H,13H2,1-5H3,(H,22,23)/t16-/m0/s1. The summed E-state index contributed by atoms with van der Waals surface area (Å²) in [5.41, 5.74) is 3.33. The number of ether oxygens (including phenoxy) is 2. The van der Waals surface area contributed by atoms with E-state index in [4.69, 9.17) is 9.47 Å². The molecule has 2 rings (SSSR count). The lowest BCUT2D eigenvalue weighted by Gasteiger charge is -2.18. The molecular formula is C21H27NO3. The van der Waals surface area contributed by atoms with Crippen LogP contribution in [0.4, 0.5) is 0 Å². The minimum absolute atomic E-state index is 0.0144. The summed E-state index contributed by atoms with van der Waals surface area (Å²) >= 11 is 0. The molecule has 134 valence electrons. The van der Waals surface area contributed by atoms with Gasteiger partial charge in [-0.05, 0) is 43.5 Å². The monoisotopic (exact) mass is 341 g/mol. The van der Waals surface area contributed by atoms with Crippen LogP contribution in [0.2, 0.25) is 0 Å². The lowest BCUT2D eigenvalue weighted by molar-refractivity contribution is -0.123. The molecule has 1 amide bonds. The Kier molecular flexibility index (Phi) is 6.45. The van der Waals surface area contributed by atoms with Crippen molar-refractivity contribution in [3.05, 3.63) is 59.2 Å².